The Morgan fingerprint density at radius 1 is 0.692 bits per heavy atom. The van der Waals surface area contributed by atoms with Crippen LogP contribution in [-0.4, -0.2) is 18.4 Å². The Kier molecular flexibility index (Phi) is 3.23. The third-order valence-corrected chi connectivity index (χ3v) is 1.06. The largest absolute Gasteiger partial charge is 0.228 e. The first kappa shape index (κ1) is 10.8. The van der Waals surface area contributed by atoms with Crippen LogP contribution in [0.1, 0.15) is 27.7 Å². The van der Waals surface area contributed by atoms with Crippen molar-refractivity contribution in [2.45, 2.75) is 39.3 Å². The molecule has 1 aliphatic rings. The highest BCUT2D eigenvalue weighted by Gasteiger charge is 2.31. The van der Waals surface area contributed by atoms with Gasteiger partial charge in [-0.15, -0.1) is 0 Å². The van der Waals surface area contributed by atoms with E-state index in [9.17, 15) is 0 Å². The van der Waals surface area contributed by atoms with Gasteiger partial charge < -0.3 is 0 Å². The fourth-order valence-electron chi connectivity index (χ4n) is 0.580. The SMILES string of the molecule is CC1(C)OOCOOC(C)(C)OO1. The predicted octanol–water partition coefficient (Wildman–Crippen LogP) is 1.27. The highest BCUT2D eigenvalue weighted by molar-refractivity contribution is 4.50. The van der Waals surface area contributed by atoms with Gasteiger partial charge in [-0.05, 0) is 27.7 Å². The summed E-state index contributed by atoms with van der Waals surface area (Å²) in [4.78, 5) is 28.6. The van der Waals surface area contributed by atoms with Gasteiger partial charge in [-0.25, -0.2) is 9.78 Å². The van der Waals surface area contributed by atoms with E-state index in [0.717, 1.165) is 0 Å². The molecular formula is C7H14O6. The molecule has 1 heterocycles. The second-order valence-corrected chi connectivity index (χ2v) is 3.49. The van der Waals surface area contributed by atoms with Crippen molar-refractivity contribution in [3.8, 4) is 0 Å². The smallest absolute Gasteiger partial charge is 0.202 e. The first-order valence-electron chi connectivity index (χ1n) is 3.89. The molecule has 1 rings (SSSR count). The van der Waals surface area contributed by atoms with Gasteiger partial charge in [0.2, 0.25) is 18.4 Å². The summed E-state index contributed by atoms with van der Waals surface area (Å²) < 4.78 is 0. The Labute approximate surface area is 76.4 Å². The summed E-state index contributed by atoms with van der Waals surface area (Å²) in [7, 11) is 0. The first-order valence-corrected chi connectivity index (χ1v) is 3.89. The normalized spacial score (nSPS) is 28.6. The van der Waals surface area contributed by atoms with Crippen LogP contribution in [0.25, 0.3) is 0 Å². The van der Waals surface area contributed by atoms with Crippen molar-refractivity contribution >= 4 is 0 Å². The fraction of sp³-hybridized carbons (Fsp3) is 1.00. The highest BCUT2D eigenvalue weighted by Crippen LogP contribution is 2.21. The van der Waals surface area contributed by atoms with Crippen molar-refractivity contribution in [1.82, 2.24) is 0 Å². The zero-order chi connectivity index (χ0) is 9.95. The lowest BCUT2D eigenvalue weighted by Gasteiger charge is -2.25. The van der Waals surface area contributed by atoms with Gasteiger partial charge in [-0.1, -0.05) is 0 Å². The Morgan fingerprint density at radius 3 is 1.46 bits per heavy atom. The topological polar surface area (TPSA) is 55.4 Å². The Balaban J connectivity index is 2.53. The number of hydrogen-bond donors (Lipinski definition) is 0. The van der Waals surface area contributed by atoms with E-state index < -0.39 is 11.6 Å². The van der Waals surface area contributed by atoms with Crippen LogP contribution in [-0.2, 0) is 29.3 Å². The molecule has 0 unspecified atom stereocenters. The number of rotatable bonds is 0. The van der Waals surface area contributed by atoms with Gasteiger partial charge in [0.05, 0.1) is 0 Å². The van der Waals surface area contributed by atoms with E-state index in [4.69, 9.17) is 19.6 Å². The van der Waals surface area contributed by atoms with Gasteiger partial charge in [0.25, 0.3) is 0 Å². The molecule has 0 aliphatic carbocycles. The maximum Gasteiger partial charge on any atom is 0.228 e. The molecule has 0 radical (unpaired) electrons. The Bertz CT molecular complexity index is 148. The van der Waals surface area contributed by atoms with Crippen LogP contribution in [0.5, 0.6) is 0 Å². The molecule has 1 aliphatic heterocycles. The molecule has 0 N–H and O–H groups in total. The minimum absolute atomic E-state index is 0.153. The molecular weight excluding hydrogens is 180 g/mol. The maximum atomic E-state index is 4.91. The molecule has 78 valence electrons. The maximum absolute atomic E-state index is 4.91. The van der Waals surface area contributed by atoms with Crippen molar-refractivity contribution in [3.05, 3.63) is 0 Å². The van der Waals surface area contributed by atoms with Crippen LogP contribution in [0.4, 0.5) is 0 Å². The van der Waals surface area contributed by atoms with E-state index in [-0.39, 0.29) is 6.79 Å². The van der Waals surface area contributed by atoms with Crippen LogP contribution in [0.15, 0.2) is 0 Å². The molecule has 0 aromatic rings. The minimum atomic E-state index is -1.01. The lowest BCUT2D eigenvalue weighted by molar-refractivity contribution is -0.534. The number of hydrogen-bond acceptors (Lipinski definition) is 6. The lowest BCUT2D eigenvalue weighted by atomic mass is 10.4. The van der Waals surface area contributed by atoms with Crippen molar-refractivity contribution in [2.24, 2.45) is 0 Å². The van der Waals surface area contributed by atoms with Crippen molar-refractivity contribution in [1.29, 1.82) is 0 Å². The van der Waals surface area contributed by atoms with Gasteiger partial charge in [0, 0.05) is 0 Å². The molecule has 0 atom stereocenters. The lowest BCUT2D eigenvalue weighted by Crippen LogP contribution is -2.34. The molecule has 0 spiro atoms. The molecule has 6 nitrogen and oxygen atoms in total. The standard InChI is InChI=1S/C7H14O6/c1-6(2)10-8-5-9-11-7(3,4)13-12-6/h5H2,1-4H3. The van der Waals surface area contributed by atoms with Crippen LogP contribution in [0.3, 0.4) is 0 Å². The van der Waals surface area contributed by atoms with Gasteiger partial charge in [0.15, 0.2) is 0 Å². The highest BCUT2D eigenvalue weighted by atomic mass is 17.4. The average Bonchev–Trinajstić information content (AvgIpc) is 2.04. The fourth-order valence-corrected chi connectivity index (χ4v) is 0.580. The zero-order valence-corrected chi connectivity index (χ0v) is 8.16. The molecule has 0 aromatic carbocycles. The Morgan fingerprint density at radius 2 is 1.08 bits per heavy atom. The van der Waals surface area contributed by atoms with E-state index in [1.54, 1.807) is 27.7 Å². The van der Waals surface area contributed by atoms with E-state index in [2.05, 4.69) is 9.78 Å². The first-order chi connectivity index (χ1) is 5.91. The summed E-state index contributed by atoms with van der Waals surface area (Å²) in [6.07, 6.45) is 0. The molecule has 0 aromatic heterocycles. The summed E-state index contributed by atoms with van der Waals surface area (Å²) in [5.41, 5.74) is 0. The van der Waals surface area contributed by atoms with E-state index >= 15 is 0 Å². The second-order valence-electron chi connectivity index (χ2n) is 3.49. The molecule has 1 fully saturated rings. The monoisotopic (exact) mass is 194 g/mol. The van der Waals surface area contributed by atoms with Gasteiger partial charge in [-0.3, -0.25) is 0 Å². The van der Waals surface area contributed by atoms with Crippen molar-refractivity contribution in [2.75, 3.05) is 6.79 Å². The summed E-state index contributed by atoms with van der Waals surface area (Å²) in [5, 5.41) is 0. The molecule has 13 heavy (non-hydrogen) atoms. The van der Waals surface area contributed by atoms with Crippen molar-refractivity contribution < 1.29 is 29.3 Å². The van der Waals surface area contributed by atoms with Crippen LogP contribution >= 0.6 is 0 Å². The third kappa shape index (κ3) is 3.99. The summed E-state index contributed by atoms with van der Waals surface area (Å²) >= 11 is 0. The van der Waals surface area contributed by atoms with Crippen LogP contribution in [0.2, 0.25) is 0 Å². The average molecular weight is 194 g/mol. The summed E-state index contributed by atoms with van der Waals surface area (Å²) in [6, 6.07) is 0. The van der Waals surface area contributed by atoms with Crippen LogP contribution in [0, 0.1) is 0 Å². The Hall–Kier alpha value is -0.240. The summed E-state index contributed by atoms with van der Waals surface area (Å²) in [6.45, 7) is 6.38. The third-order valence-electron chi connectivity index (χ3n) is 1.06. The van der Waals surface area contributed by atoms with Crippen molar-refractivity contribution in [3.63, 3.8) is 0 Å². The molecule has 0 amide bonds. The zero-order valence-electron chi connectivity index (χ0n) is 8.16. The molecule has 6 heteroatoms. The quantitative estimate of drug-likeness (QED) is 0.541. The van der Waals surface area contributed by atoms with Crippen LogP contribution < -0.4 is 0 Å². The van der Waals surface area contributed by atoms with E-state index in [0.29, 0.717) is 0 Å². The minimum Gasteiger partial charge on any atom is -0.202 e. The molecule has 1 saturated heterocycles. The predicted molar refractivity (Wildman–Crippen MR) is 39.5 cm³/mol. The molecule has 0 bridgehead atoms. The van der Waals surface area contributed by atoms with E-state index in [1.807, 2.05) is 0 Å². The summed E-state index contributed by atoms with van der Waals surface area (Å²) in [5.74, 6) is -2.01. The van der Waals surface area contributed by atoms with E-state index in [1.165, 1.54) is 0 Å². The second kappa shape index (κ2) is 3.87. The van der Waals surface area contributed by atoms with Gasteiger partial charge in [0.1, 0.15) is 0 Å². The van der Waals surface area contributed by atoms with Gasteiger partial charge in [-0.2, -0.15) is 19.6 Å². The van der Waals surface area contributed by atoms with Gasteiger partial charge >= 0.3 is 0 Å². The molecule has 0 saturated carbocycles.